The SMILES string of the molecule is O=C1Nc2cc3c(cc2/C1=N/OCCCC(=O)N1CCC(c2noc4cc(F)ccc24)CC1)OC(F)(F)O3. The second kappa shape index (κ2) is 9.23. The summed E-state index contributed by atoms with van der Waals surface area (Å²) in [4.78, 5) is 31.9. The number of nitrogens with one attached hydrogen (secondary N) is 1. The second-order valence-corrected chi connectivity index (χ2v) is 9.21. The number of anilines is 1. The molecule has 0 spiro atoms. The summed E-state index contributed by atoms with van der Waals surface area (Å²) in [7, 11) is 0. The molecule has 38 heavy (non-hydrogen) atoms. The molecule has 0 radical (unpaired) electrons. The molecule has 10 nitrogen and oxygen atoms in total. The van der Waals surface area contributed by atoms with E-state index in [0.717, 1.165) is 11.1 Å². The molecule has 4 heterocycles. The molecule has 6 rings (SSSR count). The molecule has 0 atom stereocenters. The van der Waals surface area contributed by atoms with Gasteiger partial charge in [0.15, 0.2) is 22.8 Å². The van der Waals surface area contributed by atoms with E-state index in [2.05, 4.69) is 25.1 Å². The molecule has 3 aliphatic rings. The Kier molecular flexibility index (Phi) is 5.84. The molecule has 0 saturated carbocycles. The number of fused-ring (bicyclic) bond motifs is 3. The Labute approximate surface area is 213 Å². The van der Waals surface area contributed by atoms with Crippen molar-refractivity contribution in [2.24, 2.45) is 5.16 Å². The van der Waals surface area contributed by atoms with Gasteiger partial charge >= 0.3 is 6.29 Å². The van der Waals surface area contributed by atoms with Crippen LogP contribution in [0.3, 0.4) is 0 Å². The number of piperidine rings is 1. The number of carbonyl (C=O) groups is 2. The van der Waals surface area contributed by atoms with Crippen LogP contribution in [0, 0.1) is 5.82 Å². The van der Waals surface area contributed by atoms with Gasteiger partial charge < -0.3 is 29.1 Å². The highest BCUT2D eigenvalue weighted by atomic mass is 19.3. The molecule has 3 aromatic rings. The normalized spacial score (nSPS) is 19.2. The number of aromatic nitrogens is 1. The van der Waals surface area contributed by atoms with Gasteiger partial charge in [0.25, 0.3) is 5.91 Å². The van der Waals surface area contributed by atoms with Crippen molar-refractivity contribution in [3.63, 3.8) is 0 Å². The fraction of sp³-hybridized carbons (Fsp3) is 0.360. The molecular weight excluding hydrogens is 509 g/mol. The Morgan fingerprint density at radius 3 is 2.74 bits per heavy atom. The summed E-state index contributed by atoms with van der Waals surface area (Å²) in [6.07, 6.45) is -1.74. The molecule has 3 aliphatic heterocycles. The molecule has 0 aliphatic carbocycles. The van der Waals surface area contributed by atoms with Gasteiger partial charge in [-0.25, -0.2) is 4.39 Å². The van der Waals surface area contributed by atoms with E-state index >= 15 is 0 Å². The van der Waals surface area contributed by atoms with Crippen LogP contribution in [0.1, 0.15) is 42.9 Å². The van der Waals surface area contributed by atoms with Gasteiger partial charge in [0, 0.05) is 48.5 Å². The van der Waals surface area contributed by atoms with Crippen LogP contribution in [0.4, 0.5) is 18.9 Å². The van der Waals surface area contributed by atoms with Crippen molar-refractivity contribution in [2.45, 2.75) is 37.9 Å². The number of likely N-dealkylation sites (tertiary alicyclic amines) is 1. The average Bonchev–Trinajstić information content (AvgIpc) is 3.53. The minimum Gasteiger partial charge on any atom is -0.395 e. The number of halogens is 3. The van der Waals surface area contributed by atoms with Crippen molar-refractivity contribution in [3.8, 4) is 11.5 Å². The minimum absolute atomic E-state index is 0.0237. The first-order chi connectivity index (χ1) is 18.3. The zero-order chi connectivity index (χ0) is 26.4. The van der Waals surface area contributed by atoms with Gasteiger partial charge in [-0.05, 0) is 37.5 Å². The van der Waals surface area contributed by atoms with Crippen molar-refractivity contribution < 1.29 is 41.6 Å². The molecule has 1 saturated heterocycles. The van der Waals surface area contributed by atoms with Crippen molar-refractivity contribution in [1.82, 2.24) is 10.1 Å². The van der Waals surface area contributed by atoms with E-state index in [1.165, 1.54) is 24.3 Å². The molecule has 2 aromatic carbocycles. The summed E-state index contributed by atoms with van der Waals surface area (Å²) < 4.78 is 54.1. The smallest absolute Gasteiger partial charge is 0.395 e. The van der Waals surface area contributed by atoms with Crippen LogP contribution in [0.5, 0.6) is 11.5 Å². The average molecular weight is 530 g/mol. The van der Waals surface area contributed by atoms with Crippen molar-refractivity contribution in [3.05, 3.63) is 47.4 Å². The number of ether oxygens (including phenoxy) is 2. The minimum atomic E-state index is -3.78. The molecule has 1 fully saturated rings. The first-order valence-electron chi connectivity index (χ1n) is 12.1. The van der Waals surface area contributed by atoms with Crippen molar-refractivity contribution in [1.29, 1.82) is 0 Å². The predicted octanol–water partition coefficient (Wildman–Crippen LogP) is 4.15. The van der Waals surface area contributed by atoms with E-state index in [1.54, 1.807) is 11.0 Å². The monoisotopic (exact) mass is 530 g/mol. The van der Waals surface area contributed by atoms with E-state index in [4.69, 9.17) is 9.36 Å². The van der Waals surface area contributed by atoms with Gasteiger partial charge in [-0.2, -0.15) is 0 Å². The second-order valence-electron chi connectivity index (χ2n) is 9.21. The Balaban J connectivity index is 0.984. The van der Waals surface area contributed by atoms with Gasteiger partial charge in [-0.15, -0.1) is 8.78 Å². The Bertz CT molecular complexity index is 1460. The summed E-state index contributed by atoms with van der Waals surface area (Å²) >= 11 is 0. The van der Waals surface area contributed by atoms with Crippen LogP contribution in [-0.2, 0) is 14.4 Å². The zero-order valence-corrected chi connectivity index (χ0v) is 19.8. The van der Waals surface area contributed by atoms with Crippen LogP contribution in [0.25, 0.3) is 11.0 Å². The van der Waals surface area contributed by atoms with Gasteiger partial charge in [-0.3, -0.25) is 9.59 Å². The van der Waals surface area contributed by atoms with Crippen molar-refractivity contribution >= 4 is 34.2 Å². The fourth-order valence-electron chi connectivity index (χ4n) is 4.87. The molecule has 0 bridgehead atoms. The lowest BCUT2D eigenvalue weighted by Crippen LogP contribution is -2.38. The highest BCUT2D eigenvalue weighted by molar-refractivity contribution is 6.53. The predicted molar refractivity (Wildman–Crippen MR) is 126 cm³/mol. The lowest BCUT2D eigenvalue weighted by atomic mass is 9.91. The maximum atomic E-state index is 13.4. The number of amides is 2. The standard InChI is InChI=1S/C25H21F3N4O6/c26-14-3-4-15-18(10-14)38-31-22(15)13-5-7-32(8-6-13)21(33)2-1-9-35-30-23-16-11-19-20(37-25(27,28)36-19)12-17(16)29-24(23)34/h3-4,10-13H,1-2,5-9H2,(H,29,30,34). The van der Waals surface area contributed by atoms with Crippen LogP contribution >= 0.6 is 0 Å². The number of hydrogen-bond donors (Lipinski definition) is 1. The molecule has 1 aromatic heterocycles. The maximum absolute atomic E-state index is 13.4. The Morgan fingerprint density at radius 1 is 1.18 bits per heavy atom. The fourth-order valence-corrected chi connectivity index (χ4v) is 4.87. The lowest BCUT2D eigenvalue weighted by molar-refractivity contribution is -0.286. The van der Waals surface area contributed by atoms with Crippen LogP contribution < -0.4 is 14.8 Å². The largest absolute Gasteiger partial charge is 0.586 e. The first-order valence-corrected chi connectivity index (χ1v) is 12.1. The van der Waals surface area contributed by atoms with E-state index < -0.39 is 12.2 Å². The third-order valence-corrected chi connectivity index (χ3v) is 6.74. The first kappa shape index (κ1) is 24.1. The van der Waals surface area contributed by atoms with E-state index in [0.29, 0.717) is 37.9 Å². The summed E-state index contributed by atoms with van der Waals surface area (Å²) in [5, 5.41) is 11.3. The topological polar surface area (TPSA) is 115 Å². The third kappa shape index (κ3) is 4.48. The van der Waals surface area contributed by atoms with Crippen LogP contribution in [-0.4, -0.2) is 53.6 Å². The number of alkyl halides is 2. The summed E-state index contributed by atoms with van der Waals surface area (Å²) in [5.74, 6) is -1.24. The van der Waals surface area contributed by atoms with Crippen molar-refractivity contribution in [2.75, 3.05) is 25.0 Å². The Morgan fingerprint density at radius 2 is 1.95 bits per heavy atom. The molecule has 198 valence electrons. The van der Waals surface area contributed by atoms with E-state index in [1.807, 2.05) is 0 Å². The molecule has 0 unspecified atom stereocenters. The number of hydrogen-bond acceptors (Lipinski definition) is 8. The number of rotatable bonds is 6. The van der Waals surface area contributed by atoms with Crippen LogP contribution in [0.15, 0.2) is 40.0 Å². The van der Waals surface area contributed by atoms with Gasteiger partial charge in [0.2, 0.25) is 5.91 Å². The van der Waals surface area contributed by atoms with E-state index in [-0.39, 0.29) is 59.1 Å². The number of carbonyl (C=O) groups excluding carboxylic acids is 2. The van der Waals surface area contributed by atoms with Gasteiger partial charge in [0.1, 0.15) is 12.4 Å². The quantitative estimate of drug-likeness (QED) is 0.376. The molecular formula is C25H21F3N4O6. The molecule has 2 amide bonds. The molecule has 13 heteroatoms. The summed E-state index contributed by atoms with van der Waals surface area (Å²) in [6.45, 7) is 1.21. The van der Waals surface area contributed by atoms with Crippen LogP contribution in [0.2, 0.25) is 0 Å². The Hall–Kier alpha value is -4.29. The highest BCUT2D eigenvalue weighted by Gasteiger charge is 2.45. The third-order valence-electron chi connectivity index (χ3n) is 6.74. The number of oxime groups is 1. The van der Waals surface area contributed by atoms with E-state index in [9.17, 15) is 22.8 Å². The lowest BCUT2D eigenvalue weighted by Gasteiger charge is -2.31. The summed E-state index contributed by atoms with van der Waals surface area (Å²) in [5.41, 5.74) is 1.61. The summed E-state index contributed by atoms with van der Waals surface area (Å²) in [6, 6.07) is 6.82. The van der Waals surface area contributed by atoms with Gasteiger partial charge in [0.05, 0.1) is 11.4 Å². The van der Waals surface area contributed by atoms with Gasteiger partial charge in [-0.1, -0.05) is 10.3 Å². The highest BCUT2D eigenvalue weighted by Crippen LogP contribution is 2.45. The number of nitrogens with zero attached hydrogens (tertiary/aromatic N) is 3. The molecule has 1 N–H and O–H groups in total. The maximum Gasteiger partial charge on any atom is 0.586 e. The number of benzene rings is 2. The zero-order valence-electron chi connectivity index (χ0n) is 19.8.